The monoisotopic (exact) mass is 274 g/mol. The highest BCUT2D eigenvalue weighted by molar-refractivity contribution is 7.98. The number of nitrogens with one attached hydrogen (secondary N) is 1. The summed E-state index contributed by atoms with van der Waals surface area (Å²) in [6.45, 7) is 0. The fourth-order valence-electron chi connectivity index (χ4n) is 1.15. The van der Waals surface area contributed by atoms with Crippen LogP contribution in [-0.2, 0) is 15.3 Å². The van der Waals surface area contributed by atoms with Crippen molar-refractivity contribution in [3.05, 3.63) is 22.8 Å². The van der Waals surface area contributed by atoms with Crippen molar-refractivity contribution >= 4 is 35.1 Å². The molecule has 1 aromatic heterocycles. The summed E-state index contributed by atoms with van der Waals surface area (Å²) < 4.78 is 4.56. The van der Waals surface area contributed by atoms with Gasteiger partial charge in [0.25, 0.3) is 0 Å². The zero-order valence-corrected chi connectivity index (χ0v) is 11.4. The lowest BCUT2D eigenvalue weighted by molar-refractivity contribution is -0.140. The number of nitrogens with zero attached hydrogens (tertiary/aromatic N) is 1. The number of rotatable bonds is 6. The van der Waals surface area contributed by atoms with Gasteiger partial charge in [-0.25, -0.2) is 4.98 Å². The van der Waals surface area contributed by atoms with Crippen molar-refractivity contribution in [3.8, 4) is 0 Å². The molecule has 4 nitrogen and oxygen atoms in total. The van der Waals surface area contributed by atoms with Gasteiger partial charge in [0, 0.05) is 18.6 Å². The lowest BCUT2D eigenvalue weighted by Gasteiger charge is -2.06. The molecule has 1 rings (SSSR count). The number of ether oxygens (including phenoxy) is 1. The summed E-state index contributed by atoms with van der Waals surface area (Å²) in [7, 11) is 3.20. The topological polar surface area (TPSA) is 51.2 Å². The average Bonchev–Trinajstić information content (AvgIpc) is 2.36. The number of hydrogen-bond acceptors (Lipinski definition) is 5. The van der Waals surface area contributed by atoms with Gasteiger partial charge in [0.1, 0.15) is 5.82 Å². The summed E-state index contributed by atoms with van der Waals surface area (Å²) in [5.41, 5.74) is 0.827. The maximum Gasteiger partial charge on any atom is 0.306 e. The van der Waals surface area contributed by atoms with E-state index in [-0.39, 0.29) is 5.97 Å². The van der Waals surface area contributed by atoms with Crippen molar-refractivity contribution < 1.29 is 9.53 Å². The van der Waals surface area contributed by atoms with Gasteiger partial charge >= 0.3 is 5.97 Å². The van der Waals surface area contributed by atoms with Gasteiger partial charge in [-0.05, 0) is 12.1 Å². The molecule has 0 aliphatic rings. The van der Waals surface area contributed by atoms with E-state index in [2.05, 4.69) is 15.0 Å². The lowest BCUT2D eigenvalue weighted by Crippen LogP contribution is -2.02. The molecule has 0 saturated carbocycles. The predicted octanol–water partition coefficient (Wildman–Crippen LogP) is 2.57. The smallest absolute Gasteiger partial charge is 0.306 e. The standard InChI is InChI=1S/C11H15ClN2O2S/c1-13-10-4-3-8(12)9(14-10)7-17-6-5-11(15)16-2/h3-4H,5-7H2,1-2H3,(H,13,14). The van der Waals surface area contributed by atoms with Crippen molar-refractivity contribution in [3.63, 3.8) is 0 Å². The number of hydrogen-bond donors (Lipinski definition) is 1. The Kier molecular flexibility index (Phi) is 6.15. The number of methoxy groups -OCH3 is 1. The Morgan fingerprint density at radius 3 is 3.00 bits per heavy atom. The zero-order chi connectivity index (χ0) is 12.7. The highest BCUT2D eigenvalue weighted by Crippen LogP contribution is 2.21. The van der Waals surface area contributed by atoms with E-state index < -0.39 is 0 Å². The zero-order valence-electron chi connectivity index (χ0n) is 9.83. The fraction of sp³-hybridized carbons (Fsp3) is 0.455. The van der Waals surface area contributed by atoms with Crippen LogP contribution in [0, 0.1) is 0 Å². The Bertz CT molecular complexity index is 388. The molecule has 0 unspecified atom stereocenters. The second kappa shape index (κ2) is 7.40. The van der Waals surface area contributed by atoms with Gasteiger partial charge in [0.05, 0.1) is 24.2 Å². The molecule has 1 aromatic rings. The number of carbonyl (C=O) groups is 1. The summed E-state index contributed by atoms with van der Waals surface area (Å²) in [4.78, 5) is 15.3. The Hall–Kier alpha value is -0.940. The third-order valence-corrected chi connectivity index (χ3v) is 3.41. The second-order valence-corrected chi connectivity index (χ2v) is 4.77. The third kappa shape index (κ3) is 4.83. The van der Waals surface area contributed by atoms with Crippen molar-refractivity contribution in [2.45, 2.75) is 12.2 Å². The Balaban J connectivity index is 2.43. The lowest BCUT2D eigenvalue weighted by atomic mass is 10.3. The summed E-state index contributed by atoms with van der Waals surface area (Å²) >= 11 is 7.63. The van der Waals surface area contributed by atoms with Crippen LogP contribution in [0.2, 0.25) is 5.02 Å². The molecule has 0 saturated heterocycles. The van der Waals surface area contributed by atoms with Crippen LogP contribution >= 0.6 is 23.4 Å². The van der Waals surface area contributed by atoms with Crippen LogP contribution in [-0.4, -0.2) is 30.9 Å². The molecule has 17 heavy (non-hydrogen) atoms. The van der Waals surface area contributed by atoms with Gasteiger partial charge < -0.3 is 10.1 Å². The first-order valence-corrected chi connectivity index (χ1v) is 6.68. The molecular formula is C11H15ClN2O2S. The van der Waals surface area contributed by atoms with Crippen molar-refractivity contribution in [2.24, 2.45) is 0 Å². The molecule has 6 heteroatoms. The molecule has 1 N–H and O–H groups in total. The number of pyridine rings is 1. The van der Waals surface area contributed by atoms with Gasteiger partial charge in [-0.15, -0.1) is 0 Å². The molecule has 0 aliphatic carbocycles. The maximum atomic E-state index is 10.9. The molecule has 0 radical (unpaired) electrons. The quantitative estimate of drug-likeness (QED) is 0.638. The van der Waals surface area contributed by atoms with Crippen LogP contribution in [0.4, 0.5) is 5.82 Å². The summed E-state index contributed by atoms with van der Waals surface area (Å²) in [5, 5.41) is 3.61. The van der Waals surface area contributed by atoms with Crippen molar-refractivity contribution in [1.29, 1.82) is 0 Å². The Morgan fingerprint density at radius 1 is 1.59 bits per heavy atom. The van der Waals surface area contributed by atoms with Gasteiger partial charge in [0.2, 0.25) is 0 Å². The van der Waals surface area contributed by atoms with E-state index in [1.54, 1.807) is 11.8 Å². The van der Waals surface area contributed by atoms with Crippen LogP contribution in [0.15, 0.2) is 12.1 Å². The predicted molar refractivity (Wildman–Crippen MR) is 71.6 cm³/mol. The fourth-order valence-corrected chi connectivity index (χ4v) is 2.27. The summed E-state index contributed by atoms with van der Waals surface area (Å²) in [5.74, 6) is 1.98. The van der Waals surface area contributed by atoms with E-state index >= 15 is 0 Å². The third-order valence-electron chi connectivity index (χ3n) is 2.09. The molecule has 0 bridgehead atoms. The molecule has 0 atom stereocenters. The summed E-state index contributed by atoms with van der Waals surface area (Å²) in [6.07, 6.45) is 0.407. The van der Waals surface area contributed by atoms with E-state index in [1.807, 2.05) is 19.2 Å². The van der Waals surface area contributed by atoms with Crippen molar-refractivity contribution in [2.75, 3.05) is 25.2 Å². The van der Waals surface area contributed by atoms with Gasteiger partial charge in [0.15, 0.2) is 0 Å². The molecule has 0 fully saturated rings. The van der Waals surface area contributed by atoms with E-state index in [0.29, 0.717) is 22.9 Å². The molecule has 0 aliphatic heterocycles. The molecular weight excluding hydrogens is 260 g/mol. The minimum atomic E-state index is -0.194. The number of carbonyl (C=O) groups excluding carboxylic acids is 1. The van der Waals surface area contributed by atoms with Crippen LogP contribution in [0.1, 0.15) is 12.1 Å². The van der Waals surface area contributed by atoms with E-state index in [4.69, 9.17) is 11.6 Å². The average molecular weight is 275 g/mol. The number of thioether (sulfide) groups is 1. The van der Waals surface area contributed by atoms with Crippen LogP contribution in [0.5, 0.6) is 0 Å². The molecule has 1 heterocycles. The first kappa shape index (κ1) is 14.1. The van der Waals surface area contributed by atoms with Crippen molar-refractivity contribution in [1.82, 2.24) is 4.98 Å². The van der Waals surface area contributed by atoms with E-state index in [1.165, 1.54) is 7.11 Å². The second-order valence-electron chi connectivity index (χ2n) is 3.25. The van der Waals surface area contributed by atoms with Crippen LogP contribution in [0.25, 0.3) is 0 Å². The number of aromatic nitrogens is 1. The van der Waals surface area contributed by atoms with Gasteiger partial charge in [-0.1, -0.05) is 11.6 Å². The van der Waals surface area contributed by atoms with Gasteiger partial charge in [-0.3, -0.25) is 4.79 Å². The SMILES string of the molecule is CNc1ccc(Cl)c(CSCCC(=O)OC)n1. The first-order valence-electron chi connectivity index (χ1n) is 5.15. The first-order chi connectivity index (χ1) is 8.17. The van der Waals surface area contributed by atoms with E-state index in [0.717, 1.165) is 11.5 Å². The summed E-state index contributed by atoms with van der Waals surface area (Å²) in [6, 6.07) is 3.64. The molecule has 94 valence electrons. The minimum Gasteiger partial charge on any atom is -0.469 e. The maximum absolute atomic E-state index is 10.9. The molecule has 0 spiro atoms. The number of halogens is 1. The van der Waals surface area contributed by atoms with Crippen LogP contribution < -0.4 is 5.32 Å². The highest BCUT2D eigenvalue weighted by Gasteiger charge is 2.05. The largest absolute Gasteiger partial charge is 0.469 e. The van der Waals surface area contributed by atoms with Gasteiger partial charge in [-0.2, -0.15) is 11.8 Å². The normalized spacial score (nSPS) is 10.1. The molecule has 0 aromatic carbocycles. The molecule has 0 amide bonds. The van der Waals surface area contributed by atoms with E-state index in [9.17, 15) is 4.79 Å². The van der Waals surface area contributed by atoms with Crippen LogP contribution in [0.3, 0.4) is 0 Å². The minimum absolute atomic E-state index is 0.194. The Labute approximate surface area is 110 Å². The highest BCUT2D eigenvalue weighted by atomic mass is 35.5. The number of esters is 1. The Morgan fingerprint density at radius 2 is 2.35 bits per heavy atom. The number of anilines is 1.